The fourth-order valence-electron chi connectivity index (χ4n) is 3.31. The standard InChI is InChI=1S/C23H22Cl2N2O2/c1-3-6-20-22(23(29)26-19-8-5-4-7-18(19)25)21(28)13-15(2)27(20)14-16-9-11-17(24)12-10-16/h4-5,7-13H,3,6,14H2,1-2H3,(H,26,29). The number of aryl methyl sites for hydroxylation is 1. The topological polar surface area (TPSA) is 51.1 Å². The molecule has 0 spiro atoms. The van der Waals surface area contributed by atoms with Crippen LogP contribution in [0, 0.1) is 6.92 Å². The Morgan fingerprint density at radius 1 is 1.07 bits per heavy atom. The summed E-state index contributed by atoms with van der Waals surface area (Å²) >= 11 is 12.2. The van der Waals surface area contributed by atoms with Gasteiger partial charge in [0.05, 0.1) is 10.7 Å². The molecule has 0 saturated carbocycles. The number of hydrogen-bond acceptors (Lipinski definition) is 2. The van der Waals surface area contributed by atoms with E-state index < -0.39 is 5.91 Å². The van der Waals surface area contributed by atoms with E-state index in [1.807, 2.05) is 42.7 Å². The van der Waals surface area contributed by atoms with E-state index >= 15 is 0 Å². The highest BCUT2D eigenvalue weighted by molar-refractivity contribution is 6.34. The zero-order valence-electron chi connectivity index (χ0n) is 16.3. The summed E-state index contributed by atoms with van der Waals surface area (Å²) in [6.07, 6.45) is 1.41. The van der Waals surface area contributed by atoms with Crippen molar-refractivity contribution in [3.8, 4) is 0 Å². The van der Waals surface area contributed by atoms with Crippen LogP contribution in [0.3, 0.4) is 0 Å². The Bertz CT molecular complexity index is 1090. The van der Waals surface area contributed by atoms with Gasteiger partial charge in [0.25, 0.3) is 5.91 Å². The van der Waals surface area contributed by atoms with Crippen LogP contribution in [0.2, 0.25) is 10.0 Å². The van der Waals surface area contributed by atoms with Gasteiger partial charge in [-0.1, -0.05) is 60.8 Å². The Morgan fingerprint density at radius 2 is 1.76 bits per heavy atom. The van der Waals surface area contributed by atoms with E-state index in [0.29, 0.717) is 28.7 Å². The van der Waals surface area contributed by atoms with Crippen molar-refractivity contribution in [2.45, 2.75) is 33.2 Å². The molecule has 1 amide bonds. The van der Waals surface area contributed by atoms with Crippen molar-refractivity contribution in [3.63, 3.8) is 0 Å². The summed E-state index contributed by atoms with van der Waals surface area (Å²) in [7, 11) is 0. The van der Waals surface area contributed by atoms with Gasteiger partial charge in [-0.2, -0.15) is 0 Å². The molecule has 1 N–H and O–H groups in total. The van der Waals surface area contributed by atoms with Gasteiger partial charge in [0.15, 0.2) is 5.43 Å². The molecule has 0 unspecified atom stereocenters. The first kappa shape index (κ1) is 21.2. The van der Waals surface area contributed by atoms with Crippen molar-refractivity contribution in [2.24, 2.45) is 0 Å². The lowest BCUT2D eigenvalue weighted by Crippen LogP contribution is -2.28. The number of halogens is 2. The summed E-state index contributed by atoms with van der Waals surface area (Å²) in [5, 5.41) is 3.87. The second kappa shape index (κ2) is 9.29. The number of nitrogens with zero attached hydrogens (tertiary/aromatic N) is 1. The number of hydrogen-bond donors (Lipinski definition) is 1. The van der Waals surface area contributed by atoms with Crippen molar-refractivity contribution in [1.29, 1.82) is 0 Å². The maximum Gasteiger partial charge on any atom is 0.261 e. The number of amides is 1. The lowest BCUT2D eigenvalue weighted by Gasteiger charge is -2.20. The Kier molecular flexibility index (Phi) is 6.78. The van der Waals surface area contributed by atoms with E-state index in [4.69, 9.17) is 23.2 Å². The first-order valence-electron chi connectivity index (χ1n) is 9.44. The van der Waals surface area contributed by atoms with Crippen molar-refractivity contribution >= 4 is 34.8 Å². The summed E-state index contributed by atoms with van der Waals surface area (Å²) in [6, 6.07) is 16.0. The molecular formula is C23H22Cl2N2O2. The number of carbonyl (C=O) groups excluding carboxylic acids is 1. The molecule has 1 aromatic heterocycles. The lowest BCUT2D eigenvalue weighted by atomic mass is 10.0. The fourth-order valence-corrected chi connectivity index (χ4v) is 3.62. The molecule has 2 aromatic carbocycles. The van der Waals surface area contributed by atoms with Crippen molar-refractivity contribution in [3.05, 3.63) is 97.4 Å². The molecule has 1 heterocycles. The summed E-state index contributed by atoms with van der Waals surface area (Å²) < 4.78 is 2.02. The highest BCUT2D eigenvalue weighted by Gasteiger charge is 2.20. The van der Waals surface area contributed by atoms with Gasteiger partial charge in [-0.3, -0.25) is 9.59 Å². The van der Waals surface area contributed by atoms with Crippen LogP contribution in [0.4, 0.5) is 5.69 Å². The minimum absolute atomic E-state index is 0.159. The minimum atomic E-state index is -0.448. The number of anilines is 1. The van der Waals surface area contributed by atoms with E-state index in [1.165, 1.54) is 6.07 Å². The van der Waals surface area contributed by atoms with Crippen LogP contribution in [0.5, 0.6) is 0 Å². The zero-order valence-corrected chi connectivity index (χ0v) is 17.8. The normalized spacial score (nSPS) is 10.8. The van der Waals surface area contributed by atoms with Crippen LogP contribution in [0.25, 0.3) is 0 Å². The number of pyridine rings is 1. The van der Waals surface area contributed by atoms with Crippen LogP contribution in [-0.4, -0.2) is 10.5 Å². The van der Waals surface area contributed by atoms with Gasteiger partial charge >= 0.3 is 0 Å². The highest BCUT2D eigenvalue weighted by atomic mass is 35.5. The highest BCUT2D eigenvalue weighted by Crippen LogP contribution is 2.22. The summed E-state index contributed by atoms with van der Waals surface area (Å²) in [5.74, 6) is -0.448. The Balaban J connectivity index is 2.06. The number of nitrogens with one attached hydrogen (secondary N) is 1. The molecule has 0 radical (unpaired) electrons. The Hall–Kier alpha value is -2.56. The molecular weight excluding hydrogens is 407 g/mol. The maximum absolute atomic E-state index is 13.0. The Labute approximate surface area is 180 Å². The molecule has 0 saturated heterocycles. The van der Waals surface area contributed by atoms with Crippen molar-refractivity contribution < 1.29 is 4.79 Å². The van der Waals surface area contributed by atoms with Crippen LogP contribution in [0.15, 0.2) is 59.4 Å². The largest absolute Gasteiger partial charge is 0.343 e. The van der Waals surface area contributed by atoms with E-state index in [0.717, 1.165) is 23.4 Å². The molecule has 3 aromatic rings. The molecule has 4 nitrogen and oxygen atoms in total. The molecule has 0 atom stereocenters. The van der Waals surface area contributed by atoms with E-state index in [9.17, 15) is 9.59 Å². The number of carbonyl (C=O) groups is 1. The van der Waals surface area contributed by atoms with Crippen molar-refractivity contribution in [2.75, 3.05) is 5.32 Å². The minimum Gasteiger partial charge on any atom is -0.343 e. The first-order chi connectivity index (χ1) is 13.9. The molecule has 0 fully saturated rings. The number of aromatic nitrogens is 1. The SMILES string of the molecule is CCCc1c(C(=O)Nc2ccccc2Cl)c(=O)cc(C)n1Cc1ccc(Cl)cc1. The second-order valence-electron chi connectivity index (χ2n) is 6.87. The first-order valence-corrected chi connectivity index (χ1v) is 10.2. The number of rotatable bonds is 6. The summed E-state index contributed by atoms with van der Waals surface area (Å²) in [6.45, 7) is 4.45. The van der Waals surface area contributed by atoms with Crippen LogP contribution in [0.1, 0.15) is 40.7 Å². The predicted octanol–water partition coefficient (Wildman–Crippen LogP) is 5.72. The van der Waals surface area contributed by atoms with Gasteiger partial charge < -0.3 is 9.88 Å². The molecule has 0 aliphatic carbocycles. The van der Waals surface area contributed by atoms with Crippen LogP contribution in [-0.2, 0) is 13.0 Å². The molecule has 6 heteroatoms. The lowest BCUT2D eigenvalue weighted by molar-refractivity contribution is 0.102. The predicted molar refractivity (Wildman–Crippen MR) is 119 cm³/mol. The van der Waals surface area contributed by atoms with Gasteiger partial charge in [0, 0.05) is 29.0 Å². The molecule has 150 valence electrons. The van der Waals surface area contributed by atoms with Gasteiger partial charge in [-0.15, -0.1) is 0 Å². The average molecular weight is 429 g/mol. The van der Waals surface area contributed by atoms with Crippen molar-refractivity contribution in [1.82, 2.24) is 4.57 Å². The fraction of sp³-hybridized carbons (Fsp3) is 0.217. The average Bonchev–Trinajstić information content (AvgIpc) is 2.68. The molecule has 3 rings (SSSR count). The smallest absolute Gasteiger partial charge is 0.261 e. The van der Waals surface area contributed by atoms with E-state index in [-0.39, 0.29) is 11.0 Å². The van der Waals surface area contributed by atoms with Gasteiger partial charge in [-0.05, 0) is 43.2 Å². The third-order valence-corrected chi connectivity index (χ3v) is 5.30. The third-order valence-electron chi connectivity index (χ3n) is 4.72. The van der Waals surface area contributed by atoms with Crippen LogP contribution < -0.4 is 10.7 Å². The van der Waals surface area contributed by atoms with Crippen LogP contribution >= 0.6 is 23.2 Å². The van der Waals surface area contributed by atoms with Gasteiger partial charge in [0.1, 0.15) is 5.56 Å². The second-order valence-corrected chi connectivity index (χ2v) is 7.71. The molecule has 0 aliphatic rings. The molecule has 0 aliphatic heterocycles. The number of para-hydroxylation sites is 1. The zero-order chi connectivity index (χ0) is 21.0. The molecule has 29 heavy (non-hydrogen) atoms. The van der Waals surface area contributed by atoms with Gasteiger partial charge in [-0.25, -0.2) is 0 Å². The van der Waals surface area contributed by atoms with Gasteiger partial charge in [0.2, 0.25) is 0 Å². The number of benzene rings is 2. The summed E-state index contributed by atoms with van der Waals surface area (Å²) in [4.78, 5) is 25.8. The summed E-state index contributed by atoms with van der Waals surface area (Å²) in [5.41, 5.74) is 2.91. The monoisotopic (exact) mass is 428 g/mol. The maximum atomic E-state index is 13.0. The quantitative estimate of drug-likeness (QED) is 0.545. The molecule has 0 bridgehead atoms. The third kappa shape index (κ3) is 4.89. The Morgan fingerprint density at radius 3 is 2.41 bits per heavy atom. The van der Waals surface area contributed by atoms with E-state index in [2.05, 4.69) is 5.32 Å². The van der Waals surface area contributed by atoms with E-state index in [1.54, 1.807) is 24.3 Å².